The van der Waals surface area contributed by atoms with Gasteiger partial charge in [-0.15, -0.1) is 11.3 Å². The van der Waals surface area contributed by atoms with Crippen LogP contribution in [0.25, 0.3) is 27.0 Å². The quantitative estimate of drug-likeness (QED) is 0.286. The van der Waals surface area contributed by atoms with Crippen molar-refractivity contribution in [1.82, 2.24) is 9.78 Å². The maximum absolute atomic E-state index is 14.6. The molecular weight excluding hydrogens is 465 g/mol. The van der Waals surface area contributed by atoms with Gasteiger partial charge in [0.15, 0.2) is 5.69 Å². The number of aromatic nitrogens is 2. The number of hydrogen-bond acceptors (Lipinski definition) is 5. The van der Waals surface area contributed by atoms with Crippen LogP contribution in [0.1, 0.15) is 27.8 Å². The smallest absolute Gasteiger partial charge is 0.358 e. The average molecular weight is 486 g/mol. The molecule has 0 saturated heterocycles. The maximum atomic E-state index is 14.6. The normalized spacial score (nSPS) is 10.9. The highest BCUT2D eigenvalue weighted by molar-refractivity contribution is 7.17. The van der Waals surface area contributed by atoms with Crippen LogP contribution in [0.3, 0.4) is 0 Å². The zero-order valence-electron chi connectivity index (χ0n) is 18.7. The number of nitrogens with one attached hydrogen (secondary N) is 1. The summed E-state index contributed by atoms with van der Waals surface area (Å²) in [4.78, 5) is 25.2. The van der Waals surface area contributed by atoms with Crippen molar-refractivity contribution >= 4 is 39.0 Å². The van der Waals surface area contributed by atoms with Crippen LogP contribution in [-0.2, 0) is 4.74 Å². The predicted molar refractivity (Wildman–Crippen MR) is 135 cm³/mol. The summed E-state index contributed by atoms with van der Waals surface area (Å²) in [6, 6.07) is 22.4. The second-order valence-corrected chi connectivity index (χ2v) is 8.65. The molecule has 0 aliphatic carbocycles. The van der Waals surface area contributed by atoms with Gasteiger partial charge in [-0.3, -0.25) is 4.79 Å². The summed E-state index contributed by atoms with van der Waals surface area (Å²) in [6.45, 7) is 1.90. The van der Waals surface area contributed by atoms with E-state index < -0.39 is 11.8 Å². The minimum Gasteiger partial charge on any atom is -0.461 e. The molecule has 3 aromatic carbocycles. The van der Waals surface area contributed by atoms with E-state index in [0.717, 1.165) is 10.1 Å². The van der Waals surface area contributed by atoms with Crippen molar-refractivity contribution < 1.29 is 18.7 Å². The molecular formula is C27H20FN3O3S. The van der Waals surface area contributed by atoms with E-state index in [1.54, 1.807) is 72.9 Å². The first-order chi connectivity index (χ1) is 17.0. The van der Waals surface area contributed by atoms with E-state index in [2.05, 4.69) is 10.4 Å². The SMILES string of the molecule is CCOC(=O)c1cc(-c2cccc(NC(=O)c3ccc4sccc4c3)c2)n(-c2ccccc2F)n1. The molecule has 0 aliphatic heterocycles. The lowest BCUT2D eigenvalue weighted by molar-refractivity contribution is 0.0518. The lowest BCUT2D eigenvalue weighted by atomic mass is 10.1. The molecule has 0 saturated carbocycles. The Kier molecular flexibility index (Phi) is 6.12. The number of hydrogen-bond donors (Lipinski definition) is 1. The maximum Gasteiger partial charge on any atom is 0.358 e. The Morgan fingerprint density at radius 1 is 1.03 bits per heavy atom. The van der Waals surface area contributed by atoms with Crippen LogP contribution < -0.4 is 5.32 Å². The summed E-state index contributed by atoms with van der Waals surface area (Å²) < 4.78 is 22.2. The van der Waals surface area contributed by atoms with Crippen LogP contribution in [0.5, 0.6) is 0 Å². The molecule has 0 spiro atoms. The fourth-order valence-corrected chi connectivity index (χ4v) is 4.54. The van der Waals surface area contributed by atoms with E-state index in [4.69, 9.17) is 4.74 Å². The fraction of sp³-hybridized carbons (Fsp3) is 0.0741. The van der Waals surface area contributed by atoms with Gasteiger partial charge in [0.05, 0.1) is 12.3 Å². The van der Waals surface area contributed by atoms with Crippen molar-refractivity contribution in [3.8, 4) is 16.9 Å². The second kappa shape index (κ2) is 9.52. The van der Waals surface area contributed by atoms with Crippen molar-refractivity contribution in [2.75, 3.05) is 11.9 Å². The highest BCUT2D eigenvalue weighted by atomic mass is 32.1. The highest BCUT2D eigenvalue weighted by Crippen LogP contribution is 2.28. The molecule has 1 N–H and O–H groups in total. The van der Waals surface area contributed by atoms with E-state index >= 15 is 0 Å². The number of rotatable bonds is 6. The first-order valence-electron chi connectivity index (χ1n) is 10.9. The largest absolute Gasteiger partial charge is 0.461 e. The third-order valence-corrected chi connectivity index (χ3v) is 6.30. The van der Waals surface area contributed by atoms with Gasteiger partial charge in [-0.2, -0.15) is 5.10 Å². The summed E-state index contributed by atoms with van der Waals surface area (Å²) in [7, 11) is 0. The molecule has 35 heavy (non-hydrogen) atoms. The topological polar surface area (TPSA) is 73.2 Å². The molecule has 2 heterocycles. The Bertz CT molecular complexity index is 1560. The van der Waals surface area contributed by atoms with Gasteiger partial charge in [-0.1, -0.05) is 24.3 Å². The van der Waals surface area contributed by atoms with Crippen molar-refractivity contribution in [1.29, 1.82) is 0 Å². The van der Waals surface area contributed by atoms with Crippen LogP contribution in [0.4, 0.5) is 10.1 Å². The Labute approximate surface area is 204 Å². The van der Waals surface area contributed by atoms with Crippen LogP contribution in [0.15, 0.2) is 84.2 Å². The number of benzene rings is 3. The number of halogens is 1. The summed E-state index contributed by atoms with van der Waals surface area (Å²) >= 11 is 1.62. The average Bonchev–Trinajstić information content (AvgIpc) is 3.52. The Hall–Kier alpha value is -4.30. The van der Waals surface area contributed by atoms with Gasteiger partial charge >= 0.3 is 5.97 Å². The Morgan fingerprint density at radius 2 is 1.89 bits per heavy atom. The molecule has 2 aromatic heterocycles. The summed E-state index contributed by atoms with van der Waals surface area (Å²) in [6.07, 6.45) is 0. The molecule has 6 nitrogen and oxygen atoms in total. The number of anilines is 1. The van der Waals surface area contributed by atoms with Crippen molar-refractivity contribution in [3.63, 3.8) is 0 Å². The standard InChI is InChI=1S/C27H20FN3O3S/c1-2-34-27(33)22-16-24(31(30-22)23-9-4-3-8-21(23)28)17-6-5-7-20(15-17)29-26(32)19-10-11-25-18(14-19)12-13-35-25/h3-16H,2H2,1H3,(H,29,32). The van der Waals surface area contributed by atoms with Gasteiger partial charge in [0, 0.05) is 21.5 Å². The van der Waals surface area contributed by atoms with Gasteiger partial charge in [-0.25, -0.2) is 13.9 Å². The van der Waals surface area contributed by atoms with Crippen LogP contribution in [0.2, 0.25) is 0 Å². The zero-order chi connectivity index (χ0) is 24.4. The van der Waals surface area contributed by atoms with E-state index in [0.29, 0.717) is 22.5 Å². The fourth-order valence-electron chi connectivity index (χ4n) is 3.77. The molecule has 0 aliphatic rings. The summed E-state index contributed by atoms with van der Waals surface area (Å²) in [5.74, 6) is -1.33. The van der Waals surface area contributed by atoms with E-state index in [-0.39, 0.29) is 23.9 Å². The molecule has 5 rings (SSSR count). The van der Waals surface area contributed by atoms with Crippen molar-refractivity contribution in [3.05, 3.63) is 101 Å². The number of fused-ring (bicyclic) bond motifs is 1. The number of carbonyl (C=O) groups is 2. The van der Waals surface area contributed by atoms with Crippen LogP contribution >= 0.6 is 11.3 Å². The highest BCUT2D eigenvalue weighted by Gasteiger charge is 2.20. The molecule has 5 aromatic rings. The first kappa shape index (κ1) is 22.5. The third-order valence-electron chi connectivity index (χ3n) is 5.41. The Balaban J connectivity index is 1.50. The number of nitrogens with zero attached hydrogens (tertiary/aromatic N) is 2. The van der Waals surface area contributed by atoms with Gasteiger partial charge in [-0.05, 0) is 72.3 Å². The molecule has 0 atom stereocenters. The number of esters is 1. The predicted octanol–water partition coefficient (Wildman–Crippen LogP) is 6.32. The minimum absolute atomic E-state index is 0.0589. The minimum atomic E-state index is -0.600. The summed E-state index contributed by atoms with van der Waals surface area (Å²) in [5, 5.41) is 10.2. The lowest BCUT2D eigenvalue weighted by Gasteiger charge is -2.11. The van der Waals surface area contributed by atoms with Gasteiger partial charge < -0.3 is 10.1 Å². The molecule has 0 fully saturated rings. The number of para-hydroxylation sites is 1. The monoisotopic (exact) mass is 485 g/mol. The van der Waals surface area contributed by atoms with Gasteiger partial charge in [0.25, 0.3) is 5.91 Å². The third kappa shape index (κ3) is 4.56. The summed E-state index contributed by atoms with van der Waals surface area (Å²) in [5.41, 5.74) is 2.47. The van der Waals surface area contributed by atoms with E-state index in [1.165, 1.54) is 10.7 Å². The van der Waals surface area contributed by atoms with Crippen molar-refractivity contribution in [2.24, 2.45) is 0 Å². The number of ether oxygens (including phenoxy) is 1. The van der Waals surface area contributed by atoms with E-state index in [9.17, 15) is 14.0 Å². The molecule has 1 amide bonds. The second-order valence-electron chi connectivity index (χ2n) is 7.71. The van der Waals surface area contributed by atoms with E-state index in [1.807, 2.05) is 23.6 Å². The molecule has 0 radical (unpaired) electrons. The van der Waals surface area contributed by atoms with Crippen LogP contribution in [-0.4, -0.2) is 28.3 Å². The Morgan fingerprint density at radius 3 is 2.71 bits per heavy atom. The molecule has 8 heteroatoms. The molecule has 0 unspecified atom stereocenters. The lowest BCUT2D eigenvalue weighted by Crippen LogP contribution is -2.11. The van der Waals surface area contributed by atoms with Crippen molar-refractivity contribution in [2.45, 2.75) is 6.92 Å². The molecule has 174 valence electrons. The zero-order valence-corrected chi connectivity index (χ0v) is 19.5. The molecule has 0 bridgehead atoms. The number of amides is 1. The van der Waals surface area contributed by atoms with Crippen LogP contribution in [0, 0.1) is 5.82 Å². The first-order valence-corrected chi connectivity index (χ1v) is 11.8. The van der Waals surface area contributed by atoms with Gasteiger partial charge in [0.2, 0.25) is 0 Å². The number of carbonyl (C=O) groups excluding carboxylic acids is 2. The van der Waals surface area contributed by atoms with Gasteiger partial charge in [0.1, 0.15) is 11.5 Å². The number of thiophene rings is 1.